The molecule has 0 radical (unpaired) electrons. The van der Waals surface area contributed by atoms with Gasteiger partial charge in [-0.2, -0.15) is 13.5 Å². The summed E-state index contributed by atoms with van der Waals surface area (Å²) in [6, 6.07) is 14.9. The topological polar surface area (TPSA) is 154 Å². The van der Waals surface area contributed by atoms with E-state index in [-0.39, 0.29) is 12.2 Å². The van der Waals surface area contributed by atoms with Crippen LogP contribution in [0.25, 0.3) is 10.8 Å². The van der Waals surface area contributed by atoms with E-state index in [0.29, 0.717) is 28.1 Å². The zero-order valence-electron chi connectivity index (χ0n) is 15.1. The molecule has 0 saturated heterocycles. The fourth-order valence-electron chi connectivity index (χ4n) is 2.63. The van der Waals surface area contributed by atoms with Crippen molar-refractivity contribution in [2.24, 2.45) is 10.2 Å². The van der Waals surface area contributed by atoms with Crippen molar-refractivity contribution in [3.63, 3.8) is 0 Å². The van der Waals surface area contributed by atoms with Crippen molar-refractivity contribution in [3.05, 3.63) is 54.6 Å². The number of fused-ring (bicyclic) bond motifs is 1. The molecule has 10 heteroatoms. The fraction of sp³-hybridized carbons (Fsp3) is 0.105. The lowest BCUT2D eigenvalue weighted by Crippen LogP contribution is -2.16. The molecule has 0 fully saturated rings. The first-order chi connectivity index (χ1) is 13.7. The molecule has 9 nitrogen and oxygen atoms in total. The van der Waals surface area contributed by atoms with Gasteiger partial charge >= 0.3 is 0 Å². The van der Waals surface area contributed by atoms with Crippen LogP contribution in [-0.2, 0) is 14.9 Å². The van der Waals surface area contributed by atoms with Crippen molar-refractivity contribution in [2.75, 3.05) is 16.8 Å². The highest BCUT2D eigenvalue weighted by Crippen LogP contribution is 2.38. The van der Waals surface area contributed by atoms with Crippen LogP contribution >= 0.6 is 0 Å². The maximum absolute atomic E-state index is 11.7. The molecule has 0 aliphatic carbocycles. The van der Waals surface area contributed by atoms with Gasteiger partial charge in [-0.1, -0.05) is 18.2 Å². The number of nitrogens with zero attached hydrogens (tertiary/aromatic N) is 2. The molecule has 0 aliphatic heterocycles. The predicted octanol–water partition coefficient (Wildman–Crippen LogP) is 3.76. The van der Waals surface area contributed by atoms with Gasteiger partial charge in [-0.3, -0.25) is 9.35 Å². The van der Waals surface area contributed by atoms with Crippen LogP contribution in [0.2, 0.25) is 0 Å². The predicted molar refractivity (Wildman–Crippen MR) is 110 cm³/mol. The number of nitrogen functional groups attached to an aromatic ring is 1. The second kappa shape index (κ2) is 8.25. The summed E-state index contributed by atoms with van der Waals surface area (Å²) in [4.78, 5) is 11.7. The van der Waals surface area contributed by atoms with Crippen LogP contribution in [0, 0.1) is 0 Å². The van der Waals surface area contributed by atoms with Gasteiger partial charge in [-0.25, -0.2) is 0 Å². The first kappa shape index (κ1) is 20.2. The van der Waals surface area contributed by atoms with E-state index in [2.05, 4.69) is 15.5 Å². The normalized spacial score (nSPS) is 11.8. The van der Waals surface area contributed by atoms with Crippen LogP contribution in [0.5, 0.6) is 5.75 Å². The van der Waals surface area contributed by atoms with Gasteiger partial charge in [0.05, 0.1) is 22.5 Å². The number of amides is 1. The van der Waals surface area contributed by atoms with E-state index in [0.717, 1.165) is 5.39 Å². The van der Waals surface area contributed by atoms with Crippen molar-refractivity contribution in [1.29, 1.82) is 0 Å². The number of nitrogens with one attached hydrogen (secondary N) is 1. The summed E-state index contributed by atoms with van der Waals surface area (Å²) in [6.07, 6.45) is -0.357. The molecule has 3 aromatic rings. The SMILES string of the molecule is Nc1ccc2cccc(O)c2c1N=Nc1ccc(NC(=O)CCS(=O)(=O)O)cc1. The second-order valence-corrected chi connectivity index (χ2v) is 7.78. The summed E-state index contributed by atoms with van der Waals surface area (Å²) >= 11 is 0. The summed E-state index contributed by atoms with van der Waals surface area (Å²) in [7, 11) is -4.19. The largest absolute Gasteiger partial charge is 0.507 e. The first-order valence-electron chi connectivity index (χ1n) is 8.50. The summed E-state index contributed by atoms with van der Waals surface area (Å²) in [5.41, 5.74) is 7.62. The Morgan fingerprint density at radius 3 is 2.45 bits per heavy atom. The standard InChI is InChI=1S/C19H18N4O5S/c20-15-9-4-12-2-1-3-16(24)18(12)19(15)23-22-14-7-5-13(6-8-14)21-17(25)10-11-29(26,27)28/h1-9,24H,10-11,20H2,(H,21,25)(H,26,27,28). The first-order valence-corrected chi connectivity index (χ1v) is 10.1. The summed E-state index contributed by atoms with van der Waals surface area (Å²) in [5, 5.41) is 22.2. The van der Waals surface area contributed by atoms with Gasteiger partial charge in [0, 0.05) is 12.1 Å². The van der Waals surface area contributed by atoms with Crippen LogP contribution in [0.3, 0.4) is 0 Å². The van der Waals surface area contributed by atoms with Gasteiger partial charge in [-0.05, 0) is 41.8 Å². The molecule has 0 unspecified atom stereocenters. The highest BCUT2D eigenvalue weighted by atomic mass is 32.2. The highest BCUT2D eigenvalue weighted by molar-refractivity contribution is 7.85. The molecular weight excluding hydrogens is 396 g/mol. The van der Waals surface area contributed by atoms with Crippen molar-refractivity contribution in [1.82, 2.24) is 0 Å². The van der Waals surface area contributed by atoms with Crippen molar-refractivity contribution in [2.45, 2.75) is 6.42 Å². The number of carbonyl (C=O) groups is 1. The smallest absolute Gasteiger partial charge is 0.265 e. The van der Waals surface area contributed by atoms with Gasteiger partial charge in [0.2, 0.25) is 5.91 Å². The molecule has 0 bridgehead atoms. The second-order valence-electron chi connectivity index (χ2n) is 6.21. The number of azo groups is 1. The number of hydrogen-bond acceptors (Lipinski definition) is 7. The van der Waals surface area contributed by atoms with Crippen LogP contribution in [0.4, 0.5) is 22.7 Å². The number of benzene rings is 3. The number of aromatic hydroxyl groups is 1. The Balaban J connectivity index is 1.75. The highest BCUT2D eigenvalue weighted by Gasteiger charge is 2.10. The Bertz CT molecular complexity index is 1190. The van der Waals surface area contributed by atoms with Gasteiger partial charge in [0.1, 0.15) is 11.4 Å². The van der Waals surface area contributed by atoms with Crippen LogP contribution < -0.4 is 11.1 Å². The Labute approximate surface area is 166 Å². The zero-order valence-corrected chi connectivity index (χ0v) is 15.9. The molecule has 0 saturated carbocycles. The van der Waals surface area contributed by atoms with Crippen LogP contribution in [0.15, 0.2) is 64.8 Å². The van der Waals surface area contributed by atoms with E-state index < -0.39 is 21.8 Å². The van der Waals surface area contributed by atoms with E-state index in [1.807, 2.05) is 6.07 Å². The molecular formula is C19H18N4O5S. The molecule has 0 heterocycles. The summed E-state index contributed by atoms with van der Waals surface area (Å²) in [6.45, 7) is 0. The molecule has 29 heavy (non-hydrogen) atoms. The Kier molecular flexibility index (Phi) is 5.76. The third-order valence-corrected chi connectivity index (χ3v) is 4.75. The number of carbonyl (C=O) groups excluding carboxylic acids is 1. The minimum Gasteiger partial charge on any atom is -0.507 e. The Morgan fingerprint density at radius 1 is 1.03 bits per heavy atom. The lowest BCUT2D eigenvalue weighted by Gasteiger charge is -2.07. The number of anilines is 2. The van der Waals surface area contributed by atoms with E-state index >= 15 is 0 Å². The number of phenolic OH excluding ortho intramolecular Hbond substituents is 1. The number of phenols is 1. The quantitative estimate of drug-likeness (QED) is 0.273. The minimum absolute atomic E-state index is 0.0479. The van der Waals surface area contributed by atoms with Crippen LogP contribution in [0.1, 0.15) is 6.42 Å². The molecule has 0 aromatic heterocycles. The number of hydrogen-bond donors (Lipinski definition) is 4. The number of nitrogens with two attached hydrogens (primary N) is 1. The monoisotopic (exact) mass is 414 g/mol. The van der Waals surface area contributed by atoms with E-state index in [4.69, 9.17) is 10.3 Å². The maximum Gasteiger partial charge on any atom is 0.265 e. The Morgan fingerprint density at radius 2 is 1.76 bits per heavy atom. The van der Waals surface area contributed by atoms with Gasteiger partial charge < -0.3 is 16.2 Å². The maximum atomic E-state index is 11.7. The van der Waals surface area contributed by atoms with Gasteiger partial charge in [0.15, 0.2) is 0 Å². The minimum atomic E-state index is -4.19. The van der Waals surface area contributed by atoms with Crippen molar-refractivity contribution in [3.8, 4) is 5.75 Å². The molecule has 3 aromatic carbocycles. The average molecular weight is 414 g/mol. The third kappa shape index (κ3) is 5.27. The van der Waals surface area contributed by atoms with E-state index in [1.165, 1.54) is 0 Å². The lowest BCUT2D eigenvalue weighted by atomic mass is 10.1. The fourth-order valence-corrected chi connectivity index (χ4v) is 3.07. The molecule has 0 aliphatic rings. The van der Waals surface area contributed by atoms with Crippen molar-refractivity contribution >= 4 is 49.5 Å². The Hall–Kier alpha value is -3.50. The van der Waals surface area contributed by atoms with Gasteiger partial charge in [-0.15, -0.1) is 5.11 Å². The molecule has 150 valence electrons. The molecule has 1 amide bonds. The van der Waals surface area contributed by atoms with Crippen LogP contribution in [-0.4, -0.2) is 29.7 Å². The van der Waals surface area contributed by atoms with E-state index in [1.54, 1.807) is 48.5 Å². The molecule has 0 atom stereocenters. The van der Waals surface area contributed by atoms with Gasteiger partial charge in [0.25, 0.3) is 10.1 Å². The molecule has 0 spiro atoms. The third-order valence-electron chi connectivity index (χ3n) is 4.03. The van der Waals surface area contributed by atoms with E-state index in [9.17, 15) is 18.3 Å². The average Bonchev–Trinajstić information content (AvgIpc) is 2.67. The lowest BCUT2D eigenvalue weighted by molar-refractivity contribution is -0.115. The molecule has 3 rings (SSSR count). The summed E-state index contributed by atoms with van der Waals surface area (Å²) in [5.74, 6) is -1.15. The summed E-state index contributed by atoms with van der Waals surface area (Å²) < 4.78 is 30.0. The molecule has 5 N–H and O–H groups in total. The number of rotatable bonds is 6. The van der Waals surface area contributed by atoms with Crippen molar-refractivity contribution < 1.29 is 22.9 Å². The zero-order chi connectivity index (χ0) is 21.0.